The van der Waals surface area contributed by atoms with E-state index in [1.165, 1.54) is 5.56 Å². The zero-order valence-corrected chi connectivity index (χ0v) is 12.8. The number of amides is 1. The molecule has 1 aromatic rings. The molecule has 1 atom stereocenters. The lowest BCUT2D eigenvalue weighted by molar-refractivity contribution is -0.198. The van der Waals surface area contributed by atoms with E-state index in [0.29, 0.717) is 13.2 Å². The van der Waals surface area contributed by atoms with Crippen molar-refractivity contribution in [3.63, 3.8) is 0 Å². The monoisotopic (exact) mass is 289 g/mol. The van der Waals surface area contributed by atoms with Crippen LogP contribution in [0.25, 0.3) is 0 Å². The highest BCUT2D eigenvalue weighted by Crippen LogP contribution is 2.40. The molecule has 114 valence electrons. The minimum Gasteiger partial charge on any atom is -0.347 e. The Morgan fingerprint density at radius 2 is 2.10 bits per heavy atom. The van der Waals surface area contributed by atoms with Gasteiger partial charge in [0.25, 0.3) is 0 Å². The van der Waals surface area contributed by atoms with Crippen molar-refractivity contribution in [1.29, 1.82) is 0 Å². The number of aryl methyl sites for hydroxylation is 1. The van der Waals surface area contributed by atoms with Crippen molar-refractivity contribution in [2.75, 3.05) is 24.7 Å². The van der Waals surface area contributed by atoms with Gasteiger partial charge in [0, 0.05) is 18.7 Å². The average Bonchev–Trinajstić information content (AvgIpc) is 3.07. The Morgan fingerprint density at radius 1 is 1.33 bits per heavy atom. The Kier molecular flexibility index (Phi) is 4.00. The molecule has 3 rings (SSSR count). The molecule has 2 heterocycles. The lowest BCUT2D eigenvalue weighted by Crippen LogP contribution is -2.44. The molecule has 4 nitrogen and oxygen atoms in total. The molecule has 2 fully saturated rings. The predicted molar refractivity (Wildman–Crippen MR) is 81.2 cm³/mol. The first-order valence-electron chi connectivity index (χ1n) is 7.82. The van der Waals surface area contributed by atoms with Crippen molar-refractivity contribution in [3.05, 3.63) is 29.8 Å². The zero-order chi connectivity index (χ0) is 14.9. The molecule has 0 radical (unpaired) electrons. The molecule has 2 aliphatic rings. The summed E-state index contributed by atoms with van der Waals surface area (Å²) in [6, 6.07) is 8.10. The Balaban J connectivity index is 1.83. The van der Waals surface area contributed by atoms with Gasteiger partial charge in [0.2, 0.25) is 5.91 Å². The topological polar surface area (TPSA) is 38.8 Å². The van der Waals surface area contributed by atoms with Gasteiger partial charge in [-0.15, -0.1) is 0 Å². The van der Waals surface area contributed by atoms with Gasteiger partial charge in [0.05, 0.1) is 19.1 Å². The van der Waals surface area contributed by atoms with Crippen LogP contribution in [0.4, 0.5) is 5.69 Å². The second-order valence-corrected chi connectivity index (χ2v) is 5.93. The summed E-state index contributed by atoms with van der Waals surface area (Å²) in [6.07, 6.45) is 2.53. The van der Waals surface area contributed by atoms with Crippen molar-refractivity contribution in [3.8, 4) is 0 Å². The van der Waals surface area contributed by atoms with Gasteiger partial charge in [-0.2, -0.15) is 0 Å². The highest BCUT2D eigenvalue weighted by Gasteiger charge is 2.51. The normalized spacial score (nSPS) is 24.8. The SMILES string of the molecule is CCCC1(C2CCN(c3cccc(C)c3)C2=O)OCCO1. The molecule has 1 aromatic carbocycles. The van der Waals surface area contributed by atoms with Crippen LogP contribution in [0.15, 0.2) is 24.3 Å². The Hall–Kier alpha value is -1.39. The summed E-state index contributed by atoms with van der Waals surface area (Å²) >= 11 is 0. The fraction of sp³-hybridized carbons (Fsp3) is 0.588. The molecular formula is C17H23NO3. The summed E-state index contributed by atoms with van der Waals surface area (Å²) in [5, 5.41) is 0. The molecule has 0 saturated carbocycles. The maximum atomic E-state index is 12.9. The van der Waals surface area contributed by atoms with E-state index >= 15 is 0 Å². The van der Waals surface area contributed by atoms with E-state index in [1.54, 1.807) is 0 Å². The van der Waals surface area contributed by atoms with Gasteiger partial charge in [-0.1, -0.05) is 25.5 Å². The van der Waals surface area contributed by atoms with Crippen LogP contribution >= 0.6 is 0 Å². The summed E-state index contributed by atoms with van der Waals surface area (Å²) in [6.45, 7) is 6.07. The zero-order valence-electron chi connectivity index (χ0n) is 12.8. The van der Waals surface area contributed by atoms with Crippen LogP contribution < -0.4 is 4.90 Å². The number of ether oxygens (including phenoxy) is 2. The van der Waals surface area contributed by atoms with Gasteiger partial charge in [-0.25, -0.2) is 0 Å². The summed E-state index contributed by atoms with van der Waals surface area (Å²) in [5.74, 6) is -0.735. The number of hydrogen-bond donors (Lipinski definition) is 0. The fourth-order valence-electron chi connectivity index (χ4n) is 3.48. The Morgan fingerprint density at radius 3 is 2.76 bits per heavy atom. The first-order chi connectivity index (χ1) is 10.2. The maximum Gasteiger partial charge on any atom is 0.235 e. The minimum absolute atomic E-state index is 0.135. The van der Waals surface area contributed by atoms with Crippen molar-refractivity contribution in [2.45, 2.75) is 38.9 Å². The first kappa shape index (κ1) is 14.5. The summed E-state index contributed by atoms with van der Waals surface area (Å²) in [4.78, 5) is 14.7. The molecule has 4 heteroatoms. The molecular weight excluding hydrogens is 266 g/mol. The van der Waals surface area contributed by atoms with E-state index in [4.69, 9.17) is 9.47 Å². The van der Waals surface area contributed by atoms with Crippen LogP contribution in [-0.2, 0) is 14.3 Å². The molecule has 1 unspecified atom stereocenters. The summed E-state index contributed by atoms with van der Waals surface area (Å²) in [7, 11) is 0. The lowest BCUT2D eigenvalue weighted by Gasteiger charge is -2.32. The van der Waals surface area contributed by atoms with Crippen LogP contribution in [0.1, 0.15) is 31.7 Å². The largest absolute Gasteiger partial charge is 0.347 e. The third kappa shape index (κ3) is 2.58. The number of benzene rings is 1. The van der Waals surface area contributed by atoms with Crippen LogP contribution in [0.5, 0.6) is 0 Å². The Labute approximate surface area is 126 Å². The third-order valence-corrected chi connectivity index (χ3v) is 4.42. The molecule has 2 saturated heterocycles. The van der Waals surface area contributed by atoms with Gasteiger partial charge in [0.15, 0.2) is 5.79 Å². The second kappa shape index (κ2) is 5.78. The van der Waals surface area contributed by atoms with E-state index in [2.05, 4.69) is 13.0 Å². The summed E-state index contributed by atoms with van der Waals surface area (Å²) < 4.78 is 11.7. The van der Waals surface area contributed by atoms with E-state index in [-0.39, 0.29) is 11.8 Å². The minimum atomic E-state index is -0.690. The van der Waals surface area contributed by atoms with E-state index in [9.17, 15) is 4.79 Å². The number of nitrogens with zero attached hydrogens (tertiary/aromatic N) is 1. The molecule has 0 spiro atoms. The molecule has 0 bridgehead atoms. The molecule has 1 amide bonds. The average molecular weight is 289 g/mol. The van der Waals surface area contributed by atoms with Crippen molar-refractivity contribution < 1.29 is 14.3 Å². The fourth-order valence-corrected chi connectivity index (χ4v) is 3.48. The highest BCUT2D eigenvalue weighted by molar-refractivity contribution is 5.97. The second-order valence-electron chi connectivity index (χ2n) is 5.93. The highest BCUT2D eigenvalue weighted by atomic mass is 16.7. The van der Waals surface area contributed by atoms with Gasteiger partial charge < -0.3 is 14.4 Å². The van der Waals surface area contributed by atoms with Crippen LogP contribution in [0.2, 0.25) is 0 Å². The van der Waals surface area contributed by atoms with Crippen LogP contribution in [0.3, 0.4) is 0 Å². The first-order valence-corrected chi connectivity index (χ1v) is 7.82. The standard InChI is InChI=1S/C17H23NO3/c1-3-8-17(20-10-11-21-17)15-7-9-18(16(15)19)14-6-4-5-13(2)12-14/h4-6,12,15H,3,7-11H2,1-2H3. The number of carbonyl (C=O) groups excluding carboxylic acids is 1. The Bertz CT molecular complexity index is 523. The number of hydrogen-bond acceptors (Lipinski definition) is 3. The molecule has 0 aromatic heterocycles. The summed E-state index contributed by atoms with van der Waals surface area (Å²) in [5.41, 5.74) is 2.15. The molecule has 2 aliphatic heterocycles. The van der Waals surface area contributed by atoms with Gasteiger partial charge in [-0.3, -0.25) is 4.79 Å². The van der Waals surface area contributed by atoms with Gasteiger partial charge >= 0.3 is 0 Å². The van der Waals surface area contributed by atoms with Crippen LogP contribution in [-0.4, -0.2) is 31.5 Å². The van der Waals surface area contributed by atoms with Crippen molar-refractivity contribution >= 4 is 11.6 Å². The maximum absolute atomic E-state index is 12.9. The quantitative estimate of drug-likeness (QED) is 0.855. The third-order valence-electron chi connectivity index (χ3n) is 4.42. The predicted octanol–water partition coefficient (Wildman–Crippen LogP) is 2.89. The molecule has 21 heavy (non-hydrogen) atoms. The molecule has 0 N–H and O–H groups in total. The van der Waals surface area contributed by atoms with Crippen molar-refractivity contribution in [1.82, 2.24) is 0 Å². The van der Waals surface area contributed by atoms with E-state index in [1.807, 2.05) is 30.0 Å². The smallest absolute Gasteiger partial charge is 0.235 e. The van der Waals surface area contributed by atoms with Gasteiger partial charge in [0.1, 0.15) is 0 Å². The van der Waals surface area contributed by atoms with Crippen LogP contribution in [0, 0.1) is 12.8 Å². The number of carbonyl (C=O) groups is 1. The van der Waals surface area contributed by atoms with Crippen molar-refractivity contribution in [2.24, 2.45) is 5.92 Å². The van der Waals surface area contributed by atoms with Gasteiger partial charge in [-0.05, 0) is 31.0 Å². The van der Waals surface area contributed by atoms with E-state index in [0.717, 1.165) is 31.5 Å². The number of anilines is 1. The molecule has 0 aliphatic carbocycles. The van der Waals surface area contributed by atoms with E-state index < -0.39 is 5.79 Å². The lowest BCUT2D eigenvalue weighted by atomic mass is 9.93. The number of rotatable bonds is 4.